The van der Waals surface area contributed by atoms with Crippen LogP contribution in [0.1, 0.15) is 25.0 Å². The molecule has 5 heteroatoms. The number of nitrogens with zero attached hydrogens (tertiary/aromatic N) is 3. The second kappa shape index (κ2) is 3.24. The summed E-state index contributed by atoms with van der Waals surface area (Å²) in [6.07, 6.45) is 3.75. The van der Waals surface area contributed by atoms with Gasteiger partial charge in [-0.2, -0.15) is 5.01 Å². The van der Waals surface area contributed by atoms with Gasteiger partial charge >= 0.3 is 5.69 Å². The molecule has 1 aromatic rings. The van der Waals surface area contributed by atoms with Gasteiger partial charge in [0.25, 0.3) is 5.88 Å². The molecule has 0 radical (unpaired) electrons. The third kappa shape index (κ3) is 1.46. The summed E-state index contributed by atoms with van der Waals surface area (Å²) in [5.74, 6) is 0.408. The van der Waals surface area contributed by atoms with Crippen molar-refractivity contribution in [1.29, 1.82) is 0 Å². The second-order valence-electron chi connectivity index (χ2n) is 3.43. The number of nitrogen functional groups attached to an aromatic ring is 1. The molecule has 0 atom stereocenters. The minimum atomic E-state index is 0.408. The Hall–Kier alpha value is -1.26. The first-order chi connectivity index (χ1) is 6.29. The lowest BCUT2D eigenvalue weighted by atomic mass is 10.2. The highest BCUT2D eigenvalue weighted by Gasteiger charge is 2.26. The molecule has 2 heterocycles. The van der Waals surface area contributed by atoms with Crippen molar-refractivity contribution in [3.8, 4) is 0 Å². The molecule has 0 bridgehead atoms. The molecular weight excluding hydrogens is 168 g/mol. The van der Waals surface area contributed by atoms with Crippen molar-refractivity contribution < 1.29 is 9.31 Å². The zero-order valence-corrected chi connectivity index (χ0v) is 7.86. The molecule has 0 amide bonds. The molecule has 1 aromatic heterocycles. The predicted molar refractivity (Wildman–Crippen MR) is 47.6 cm³/mol. The maximum atomic E-state index is 5.57. The molecule has 2 N–H and O–H groups in total. The fraction of sp³-hybridized carbons (Fsp3) is 0.750. The number of piperidine rings is 1. The van der Waals surface area contributed by atoms with Gasteiger partial charge in [-0.15, -0.1) is 0 Å². The van der Waals surface area contributed by atoms with Crippen molar-refractivity contribution >= 4 is 5.88 Å². The average Bonchev–Trinajstić information content (AvgIpc) is 2.49. The zero-order chi connectivity index (χ0) is 9.26. The van der Waals surface area contributed by atoms with Gasteiger partial charge < -0.3 is 5.73 Å². The van der Waals surface area contributed by atoms with Gasteiger partial charge in [0.1, 0.15) is 0 Å². The minimum Gasteiger partial charge on any atom is -0.362 e. The lowest BCUT2D eigenvalue weighted by molar-refractivity contribution is -0.764. The average molecular weight is 183 g/mol. The molecule has 0 saturated carbocycles. The summed E-state index contributed by atoms with van der Waals surface area (Å²) in [6.45, 7) is 4.00. The van der Waals surface area contributed by atoms with Crippen LogP contribution in [0.3, 0.4) is 0 Å². The number of anilines is 1. The summed E-state index contributed by atoms with van der Waals surface area (Å²) in [6, 6.07) is 0. The summed E-state index contributed by atoms with van der Waals surface area (Å²) >= 11 is 0. The van der Waals surface area contributed by atoms with E-state index in [1.165, 1.54) is 19.3 Å². The molecule has 1 saturated heterocycles. The zero-order valence-electron chi connectivity index (χ0n) is 7.86. The maximum absolute atomic E-state index is 5.57. The van der Waals surface area contributed by atoms with Crippen LogP contribution in [0.25, 0.3) is 0 Å². The van der Waals surface area contributed by atoms with Crippen LogP contribution < -0.4 is 15.5 Å². The summed E-state index contributed by atoms with van der Waals surface area (Å²) in [7, 11) is 0. The molecule has 72 valence electrons. The highest BCUT2D eigenvalue weighted by atomic mass is 16.5. The van der Waals surface area contributed by atoms with Crippen LogP contribution in [0.5, 0.6) is 0 Å². The van der Waals surface area contributed by atoms with E-state index in [1.54, 1.807) is 4.79 Å². The van der Waals surface area contributed by atoms with E-state index >= 15 is 0 Å². The highest BCUT2D eigenvalue weighted by Crippen LogP contribution is 2.07. The molecule has 5 nitrogen and oxygen atoms in total. The van der Waals surface area contributed by atoms with Crippen molar-refractivity contribution in [3.05, 3.63) is 5.69 Å². The molecular formula is C8H15N4O+. The summed E-state index contributed by atoms with van der Waals surface area (Å²) < 4.78 is 4.90. The molecule has 0 spiro atoms. The lowest BCUT2D eigenvalue weighted by Gasteiger charge is -2.18. The van der Waals surface area contributed by atoms with E-state index in [9.17, 15) is 0 Å². The topological polar surface area (TPSA) is 59.2 Å². The number of aromatic nitrogens is 2. The number of hydrogen-bond donors (Lipinski definition) is 1. The van der Waals surface area contributed by atoms with Crippen molar-refractivity contribution in [2.45, 2.75) is 26.2 Å². The van der Waals surface area contributed by atoms with E-state index in [1.807, 2.05) is 6.92 Å². The first-order valence-corrected chi connectivity index (χ1v) is 4.68. The second-order valence-corrected chi connectivity index (χ2v) is 3.43. The summed E-state index contributed by atoms with van der Waals surface area (Å²) in [5.41, 5.74) is 6.46. The SMILES string of the molecule is Cc1c(N)on[n+]1N1CCCCC1. The molecule has 13 heavy (non-hydrogen) atoms. The van der Waals surface area contributed by atoms with Gasteiger partial charge in [0.2, 0.25) is 5.27 Å². The Balaban J connectivity index is 2.18. The number of hydrogen-bond acceptors (Lipinski definition) is 4. The van der Waals surface area contributed by atoms with Gasteiger partial charge in [0.05, 0.1) is 17.9 Å². The van der Waals surface area contributed by atoms with Gasteiger partial charge in [0, 0.05) is 6.92 Å². The Bertz CT molecular complexity index is 290. The van der Waals surface area contributed by atoms with Crippen molar-refractivity contribution in [1.82, 2.24) is 5.27 Å². The molecule has 0 aliphatic carbocycles. The van der Waals surface area contributed by atoms with Crippen LogP contribution in [0.4, 0.5) is 5.88 Å². The van der Waals surface area contributed by atoms with E-state index in [0.717, 1.165) is 18.8 Å². The molecule has 1 fully saturated rings. The molecule has 0 aromatic carbocycles. The Kier molecular flexibility index (Phi) is 2.08. The fourth-order valence-electron chi connectivity index (χ4n) is 1.64. The van der Waals surface area contributed by atoms with E-state index < -0.39 is 0 Å². The predicted octanol–water partition coefficient (Wildman–Crippen LogP) is -0.0254. The van der Waals surface area contributed by atoms with Crippen molar-refractivity contribution in [2.24, 2.45) is 0 Å². The van der Waals surface area contributed by atoms with Crippen molar-refractivity contribution in [3.63, 3.8) is 0 Å². The molecule has 1 aliphatic rings. The number of nitrogens with two attached hydrogens (primary N) is 1. The van der Waals surface area contributed by atoms with Gasteiger partial charge in [0.15, 0.2) is 0 Å². The standard InChI is InChI=1S/C8H15N4O/c1-7-8(9)13-10-12(7)11-5-3-2-4-6-11/h2-6,9H2,1H3/q+1. The third-order valence-electron chi connectivity index (χ3n) is 2.47. The Morgan fingerprint density at radius 1 is 1.38 bits per heavy atom. The van der Waals surface area contributed by atoms with Crippen LogP contribution in [0.2, 0.25) is 0 Å². The van der Waals surface area contributed by atoms with Gasteiger partial charge in [-0.3, -0.25) is 4.52 Å². The number of rotatable bonds is 1. The van der Waals surface area contributed by atoms with Crippen LogP contribution in [0, 0.1) is 6.92 Å². The molecule has 0 unspecified atom stereocenters. The Morgan fingerprint density at radius 3 is 2.62 bits per heavy atom. The van der Waals surface area contributed by atoms with Crippen LogP contribution in [-0.2, 0) is 0 Å². The van der Waals surface area contributed by atoms with Crippen LogP contribution in [-0.4, -0.2) is 18.4 Å². The summed E-state index contributed by atoms with van der Waals surface area (Å²) in [4.78, 5) is 1.77. The quantitative estimate of drug-likeness (QED) is 0.621. The van der Waals surface area contributed by atoms with Crippen molar-refractivity contribution in [2.75, 3.05) is 23.8 Å². The minimum absolute atomic E-state index is 0.408. The third-order valence-corrected chi connectivity index (χ3v) is 2.47. The fourth-order valence-corrected chi connectivity index (χ4v) is 1.64. The first kappa shape index (κ1) is 8.34. The first-order valence-electron chi connectivity index (χ1n) is 4.68. The van der Waals surface area contributed by atoms with Gasteiger partial charge in [-0.25, -0.2) is 0 Å². The lowest BCUT2D eigenvalue weighted by Crippen LogP contribution is -2.62. The van der Waals surface area contributed by atoms with E-state index in [-0.39, 0.29) is 0 Å². The largest absolute Gasteiger partial charge is 0.362 e. The van der Waals surface area contributed by atoms with E-state index in [4.69, 9.17) is 10.3 Å². The monoisotopic (exact) mass is 183 g/mol. The highest BCUT2D eigenvalue weighted by molar-refractivity contribution is 5.23. The molecule has 2 rings (SSSR count). The Labute approximate surface area is 77.0 Å². The van der Waals surface area contributed by atoms with Crippen LogP contribution >= 0.6 is 0 Å². The van der Waals surface area contributed by atoms with Gasteiger partial charge in [-0.05, 0) is 19.3 Å². The normalized spacial score (nSPS) is 17.8. The molecule has 1 aliphatic heterocycles. The smallest absolute Gasteiger partial charge is 0.304 e. The Morgan fingerprint density at radius 2 is 2.08 bits per heavy atom. The van der Waals surface area contributed by atoms with Crippen LogP contribution in [0.15, 0.2) is 4.52 Å². The maximum Gasteiger partial charge on any atom is 0.304 e. The van der Waals surface area contributed by atoms with E-state index in [0.29, 0.717) is 5.88 Å². The van der Waals surface area contributed by atoms with E-state index in [2.05, 4.69) is 10.3 Å². The van der Waals surface area contributed by atoms with Gasteiger partial charge in [-0.1, -0.05) is 0 Å². The summed E-state index contributed by atoms with van der Waals surface area (Å²) in [5, 5.41) is 6.05.